The number of hydrogen-bond acceptors (Lipinski definition) is 4. The fourth-order valence-corrected chi connectivity index (χ4v) is 2.69. The molecule has 23 heavy (non-hydrogen) atoms. The molecule has 0 bridgehead atoms. The summed E-state index contributed by atoms with van der Waals surface area (Å²) < 4.78 is 17.1. The van der Waals surface area contributed by atoms with Gasteiger partial charge in [0.05, 0.1) is 20.8 Å². The molecule has 1 N–H and O–H groups in total. The quantitative estimate of drug-likeness (QED) is 0.747. The topological polar surface area (TPSA) is 39.7 Å². The summed E-state index contributed by atoms with van der Waals surface area (Å²) in [6, 6.07) is 12.0. The highest BCUT2D eigenvalue weighted by Gasteiger charge is 2.10. The Morgan fingerprint density at radius 2 is 1.70 bits per heavy atom. The second-order valence-electron chi connectivity index (χ2n) is 4.98. The minimum atomic E-state index is 0.608. The molecule has 0 aliphatic rings. The Balaban J connectivity index is 2.00. The number of rotatable bonds is 8. The summed E-state index contributed by atoms with van der Waals surface area (Å²) in [5.41, 5.74) is 2.34. The molecule has 0 fully saturated rings. The zero-order chi connectivity index (χ0) is 16.7. The minimum Gasteiger partial charge on any atom is -0.497 e. The molecule has 0 amide bonds. The number of ether oxygens (including phenoxy) is 3. The predicted octanol–water partition coefficient (Wildman–Crippen LogP) is 4.15. The second-order valence-corrected chi connectivity index (χ2v) is 5.83. The van der Waals surface area contributed by atoms with Crippen molar-refractivity contribution >= 4 is 15.9 Å². The molecule has 0 spiro atoms. The van der Waals surface area contributed by atoms with Gasteiger partial charge in [-0.15, -0.1) is 0 Å². The maximum absolute atomic E-state index is 5.63. The van der Waals surface area contributed by atoms with Crippen LogP contribution in [0.15, 0.2) is 40.9 Å². The average Bonchev–Trinajstić information content (AvgIpc) is 2.58. The molecule has 4 nitrogen and oxygen atoms in total. The monoisotopic (exact) mass is 379 g/mol. The van der Waals surface area contributed by atoms with Crippen LogP contribution in [0.3, 0.4) is 0 Å². The third kappa shape index (κ3) is 4.88. The molecule has 2 aromatic rings. The van der Waals surface area contributed by atoms with Crippen LogP contribution in [-0.4, -0.2) is 20.8 Å². The molecular weight excluding hydrogens is 358 g/mol. The van der Waals surface area contributed by atoms with E-state index in [1.165, 1.54) is 5.56 Å². The number of hydrogen-bond donors (Lipinski definition) is 1. The van der Waals surface area contributed by atoms with Gasteiger partial charge in [-0.1, -0.05) is 28.1 Å². The van der Waals surface area contributed by atoms with E-state index < -0.39 is 0 Å². The Kier molecular flexibility index (Phi) is 6.74. The van der Waals surface area contributed by atoms with Crippen LogP contribution in [0.25, 0.3) is 0 Å². The lowest BCUT2D eigenvalue weighted by atomic mass is 10.1. The Morgan fingerprint density at radius 3 is 2.30 bits per heavy atom. The predicted molar refractivity (Wildman–Crippen MR) is 95.4 cm³/mol. The summed E-state index contributed by atoms with van der Waals surface area (Å²) in [6.07, 6.45) is 0. The van der Waals surface area contributed by atoms with E-state index in [0.29, 0.717) is 6.61 Å². The molecule has 0 aromatic heterocycles. The van der Waals surface area contributed by atoms with E-state index in [2.05, 4.69) is 33.4 Å². The number of nitrogens with one attached hydrogen (secondary N) is 1. The van der Waals surface area contributed by atoms with Gasteiger partial charge in [-0.2, -0.15) is 0 Å². The molecule has 0 unspecified atom stereocenters. The summed E-state index contributed by atoms with van der Waals surface area (Å²) in [6.45, 7) is 4.09. The molecule has 0 atom stereocenters. The molecule has 0 saturated carbocycles. The second kappa shape index (κ2) is 8.79. The van der Waals surface area contributed by atoms with Crippen molar-refractivity contribution in [3.05, 3.63) is 52.0 Å². The van der Waals surface area contributed by atoms with E-state index in [1.54, 1.807) is 14.2 Å². The minimum absolute atomic E-state index is 0.608. The highest BCUT2D eigenvalue weighted by Crippen LogP contribution is 2.33. The molecule has 0 aliphatic heterocycles. The lowest BCUT2D eigenvalue weighted by molar-refractivity contribution is 0.310. The van der Waals surface area contributed by atoms with Crippen LogP contribution < -0.4 is 19.5 Å². The van der Waals surface area contributed by atoms with Gasteiger partial charge in [0.15, 0.2) is 11.5 Å². The summed E-state index contributed by atoms with van der Waals surface area (Å²) in [7, 11) is 3.32. The standard InChI is InChI=1S/C18H22BrNO3/c1-4-23-18-9-14(16(19)10-17(18)22-3)12-20-11-13-5-7-15(21-2)8-6-13/h5-10,20H,4,11-12H2,1-3H3. The van der Waals surface area contributed by atoms with Gasteiger partial charge in [-0.05, 0) is 42.3 Å². The van der Waals surface area contributed by atoms with Crippen LogP contribution in [0.2, 0.25) is 0 Å². The van der Waals surface area contributed by atoms with E-state index >= 15 is 0 Å². The fraction of sp³-hybridized carbons (Fsp3) is 0.333. The van der Waals surface area contributed by atoms with Crippen molar-refractivity contribution in [3.63, 3.8) is 0 Å². The van der Waals surface area contributed by atoms with Crippen LogP contribution in [0, 0.1) is 0 Å². The summed E-state index contributed by atoms with van der Waals surface area (Å²) in [5, 5.41) is 3.44. The normalized spacial score (nSPS) is 10.4. The van der Waals surface area contributed by atoms with Gasteiger partial charge in [0.2, 0.25) is 0 Å². The highest BCUT2D eigenvalue weighted by atomic mass is 79.9. The molecule has 0 aliphatic carbocycles. The van der Waals surface area contributed by atoms with Crippen LogP contribution in [-0.2, 0) is 13.1 Å². The lowest BCUT2D eigenvalue weighted by Gasteiger charge is -2.14. The maximum Gasteiger partial charge on any atom is 0.161 e. The van der Waals surface area contributed by atoms with Gasteiger partial charge in [0.1, 0.15) is 5.75 Å². The molecule has 0 heterocycles. The lowest BCUT2D eigenvalue weighted by Crippen LogP contribution is -2.13. The summed E-state index contributed by atoms with van der Waals surface area (Å²) >= 11 is 3.59. The van der Waals surface area contributed by atoms with Gasteiger partial charge in [0.25, 0.3) is 0 Å². The first kappa shape index (κ1) is 17.6. The molecule has 2 rings (SSSR count). The molecule has 5 heteroatoms. The van der Waals surface area contributed by atoms with Crippen LogP contribution in [0.5, 0.6) is 17.2 Å². The third-order valence-corrected chi connectivity index (χ3v) is 4.17. The zero-order valence-electron chi connectivity index (χ0n) is 13.7. The van der Waals surface area contributed by atoms with Crippen LogP contribution in [0.4, 0.5) is 0 Å². The molecule has 124 valence electrons. The van der Waals surface area contributed by atoms with E-state index in [-0.39, 0.29) is 0 Å². The first-order valence-electron chi connectivity index (χ1n) is 7.50. The summed E-state index contributed by atoms with van der Waals surface area (Å²) in [5.74, 6) is 2.37. The first-order chi connectivity index (χ1) is 11.2. The Morgan fingerprint density at radius 1 is 0.957 bits per heavy atom. The van der Waals surface area contributed by atoms with Crippen LogP contribution in [0.1, 0.15) is 18.1 Å². The Hall–Kier alpha value is -1.72. The fourth-order valence-electron chi connectivity index (χ4n) is 2.23. The van der Waals surface area contributed by atoms with Gasteiger partial charge < -0.3 is 19.5 Å². The smallest absolute Gasteiger partial charge is 0.161 e. The van der Waals surface area contributed by atoms with E-state index in [1.807, 2.05) is 31.2 Å². The molecule has 2 aromatic carbocycles. The van der Waals surface area contributed by atoms with Crippen molar-refractivity contribution in [2.24, 2.45) is 0 Å². The van der Waals surface area contributed by atoms with Crippen molar-refractivity contribution in [1.29, 1.82) is 0 Å². The van der Waals surface area contributed by atoms with Crippen LogP contribution >= 0.6 is 15.9 Å². The molecule has 0 saturated heterocycles. The molecular formula is C18H22BrNO3. The average molecular weight is 380 g/mol. The van der Waals surface area contributed by atoms with E-state index in [4.69, 9.17) is 14.2 Å². The van der Waals surface area contributed by atoms with E-state index in [0.717, 1.165) is 40.4 Å². The van der Waals surface area contributed by atoms with Gasteiger partial charge >= 0.3 is 0 Å². The largest absolute Gasteiger partial charge is 0.497 e. The van der Waals surface area contributed by atoms with Crippen molar-refractivity contribution in [2.45, 2.75) is 20.0 Å². The molecule has 0 radical (unpaired) electrons. The SMILES string of the molecule is CCOc1cc(CNCc2ccc(OC)cc2)c(Br)cc1OC. The van der Waals surface area contributed by atoms with Gasteiger partial charge in [0, 0.05) is 17.6 Å². The highest BCUT2D eigenvalue weighted by molar-refractivity contribution is 9.10. The summed E-state index contributed by atoms with van der Waals surface area (Å²) in [4.78, 5) is 0. The van der Waals surface area contributed by atoms with Crippen molar-refractivity contribution in [3.8, 4) is 17.2 Å². The number of halogens is 1. The number of benzene rings is 2. The van der Waals surface area contributed by atoms with Gasteiger partial charge in [-0.25, -0.2) is 0 Å². The van der Waals surface area contributed by atoms with Gasteiger partial charge in [-0.3, -0.25) is 0 Å². The third-order valence-electron chi connectivity index (χ3n) is 3.44. The van der Waals surface area contributed by atoms with Crippen molar-refractivity contribution < 1.29 is 14.2 Å². The first-order valence-corrected chi connectivity index (χ1v) is 8.30. The van der Waals surface area contributed by atoms with Crippen molar-refractivity contribution in [2.75, 3.05) is 20.8 Å². The Bertz CT molecular complexity index is 629. The number of methoxy groups -OCH3 is 2. The zero-order valence-corrected chi connectivity index (χ0v) is 15.3. The Labute approximate surface area is 145 Å². The van der Waals surface area contributed by atoms with Crippen molar-refractivity contribution in [1.82, 2.24) is 5.32 Å². The maximum atomic E-state index is 5.63. The van der Waals surface area contributed by atoms with E-state index in [9.17, 15) is 0 Å².